The molecule has 2 aliphatic rings. The zero-order chi connectivity index (χ0) is 27.9. The summed E-state index contributed by atoms with van der Waals surface area (Å²) in [5.41, 5.74) is 0. The molecule has 0 radical (unpaired) electrons. The normalized spacial score (nSPS) is 22.4. The maximum Gasteiger partial charge on any atom is 0.326 e. The molecule has 2 heterocycles. The van der Waals surface area contributed by atoms with E-state index in [2.05, 4.69) is 0 Å². The standard InChI is InChI=1S/C25H44O10S2/c1-6-33-22(26)24(2,3)37(30,31)16-11-20-9-14-34-21(17-20)18-35-23(27)25(4,5)36(28,29)15-10-19-7-12-32-13-8-19/h19-21H,6-18H2,1-5H3. The van der Waals surface area contributed by atoms with E-state index in [4.69, 9.17) is 18.9 Å². The second-order valence-corrected chi connectivity index (χ2v) is 16.3. The van der Waals surface area contributed by atoms with Gasteiger partial charge in [0.05, 0.1) is 24.2 Å². The number of sulfone groups is 2. The molecule has 0 aliphatic carbocycles. The first-order valence-corrected chi connectivity index (χ1v) is 16.4. The van der Waals surface area contributed by atoms with E-state index in [1.54, 1.807) is 6.92 Å². The van der Waals surface area contributed by atoms with E-state index < -0.39 is 47.2 Å². The lowest BCUT2D eigenvalue weighted by atomic mass is 9.93. The van der Waals surface area contributed by atoms with Crippen molar-refractivity contribution >= 4 is 31.6 Å². The predicted molar refractivity (Wildman–Crippen MR) is 139 cm³/mol. The van der Waals surface area contributed by atoms with Crippen molar-refractivity contribution in [2.75, 3.05) is 44.5 Å². The number of rotatable bonds is 13. The molecule has 10 nitrogen and oxygen atoms in total. The SMILES string of the molecule is CCOC(=O)C(C)(C)S(=O)(=O)CCC1CCOC(COC(=O)C(C)(C)S(=O)(=O)CCC2CCOCC2)C1. The lowest BCUT2D eigenvalue weighted by molar-refractivity contribution is -0.152. The summed E-state index contributed by atoms with van der Waals surface area (Å²) >= 11 is 0. The summed E-state index contributed by atoms with van der Waals surface area (Å²) in [6.45, 7) is 8.71. The number of hydrogen-bond donors (Lipinski definition) is 0. The minimum absolute atomic E-state index is 0.00133. The van der Waals surface area contributed by atoms with Crippen molar-refractivity contribution in [3.8, 4) is 0 Å². The highest BCUT2D eigenvalue weighted by Gasteiger charge is 2.44. The Kier molecular flexibility index (Phi) is 11.4. The maximum absolute atomic E-state index is 12.9. The third-order valence-electron chi connectivity index (χ3n) is 7.62. The molecule has 0 amide bonds. The first kappa shape index (κ1) is 32.0. The van der Waals surface area contributed by atoms with Gasteiger partial charge in [0.25, 0.3) is 0 Å². The summed E-state index contributed by atoms with van der Waals surface area (Å²) in [6.07, 6.45) is 3.14. The van der Waals surface area contributed by atoms with Crippen molar-refractivity contribution in [3.63, 3.8) is 0 Å². The summed E-state index contributed by atoms with van der Waals surface area (Å²) in [4.78, 5) is 24.9. The Morgan fingerprint density at radius 3 is 1.81 bits per heavy atom. The number of esters is 2. The van der Waals surface area contributed by atoms with Crippen LogP contribution in [0.15, 0.2) is 0 Å². The summed E-state index contributed by atoms with van der Waals surface area (Å²) < 4.78 is 69.5. The molecule has 2 atom stereocenters. The van der Waals surface area contributed by atoms with Crippen LogP contribution in [0.1, 0.15) is 73.1 Å². The van der Waals surface area contributed by atoms with Gasteiger partial charge in [-0.05, 0) is 85.0 Å². The van der Waals surface area contributed by atoms with Crippen molar-refractivity contribution in [2.24, 2.45) is 11.8 Å². The zero-order valence-corrected chi connectivity index (χ0v) is 24.5. The van der Waals surface area contributed by atoms with Crippen LogP contribution in [0, 0.1) is 11.8 Å². The van der Waals surface area contributed by atoms with Crippen molar-refractivity contribution < 1.29 is 45.4 Å². The average molecular weight is 569 g/mol. The first-order chi connectivity index (χ1) is 17.1. The number of carbonyl (C=O) groups excluding carboxylic acids is 2. The van der Waals surface area contributed by atoms with Gasteiger partial charge in [-0.2, -0.15) is 0 Å². The minimum atomic E-state index is -3.75. The van der Waals surface area contributed by atoms with Gasteiger partial charge >= 0.3 is 11.9 Å². The Labute approximate surface area is 222 Å². The molecule has 0 spiro atoms. The van der Waals surface area contributed by atoms with Gasteiger partial charge in [-0.1, -0.05) is 0 Å². The quantitative estimate of drug-likeness (QED) is 0.304. The molecule has 12 heteroatoms. The van der Waals surface area contributed by atoms with Gasteiger partial charge in [-0.3, -0.25) is 9.59 Å². The van der Waals surface area contributed by atoms with Crippen LogP contribution in [-0.4, -0.2) is 88.9 Å². The van der Waals surface area contributed by atoms with Gasteiger partial charge in [0.1, 0.15) is 6.61 Å². The summed E-state index contributed by atoms with van der Waals surface area (Å²) in [5, 5.41) is 0. The van der Waals surface area contributed by atoms with Gasteiger partial charge < -0.3 is 18.9 Å². The molecule has 0 aromatic rings. The lowest BCUT2D eigenvalue weighted by Crippen LogP contribution is -2.45. The fraction of sp³-hybridized carbons (Fsp3) is 0.920. The Balaban J connectivity index is 1.86. The zero-order valence-electron chi connectivity index (χ0n) is 22.8. The fourth-order valence-corrected chi connectivity index (χ4v) is 7.36. The fourth-order valence-electron chi connectivity index (χ4n) is 4.43. The molecule has 2 aliphatic heterocycles. The molecule has 2 saturated heterocycles. The van der Waals surface area contributed by atoms with E-state index in [-0.39, 0.29) is 36.6 Å². The van der Waals surface area contributed by atoms with E-state index in [9.17, 15) is 26.4 Å². The summed E-state index contributed by atoms with van der Waals surface area (Å²) in [5.74, 6) is -1.57. The Morgan fingerprint density at radius 1 is 0.784 bits per heavy atom. The average Bonchev–Trinajstić information content (AvgIpc) is 2.85. The first-order valence-electron chi connectivity index (χ1n) is 13.1. The smallest absolute Gasteiger partial charge is 0.326 e. The van der Waals surface area contributed by atoms with E-state index in [1.807, 2.05) is 0 Å². The second-order valence-electron chi connectivity index (χ2n) is 11.0. The monoisotopic (exact) mass is 568 g/mol. The van der Waals surface area contributed by atoms with Gasteiger partial charge in [-0.25, -0.2) is 16.8 Å². The third-order valence-corrected chi connectivity index (χ3v) is 12.6. The topological polar surface area (TPSA) is 139 Å². The minimum Gasteiger partial charge on any atom is -0.465 e. The second kappa shape index (κ2) is 13.2. The largest absolute Gasteiger partial charge is 0.465 e. The van der Waals surface area contributed by atoms with Crippen LogP contribution in [0.25, 0.3) is 0 Å². The van der Waals surface area contributed by atoms with Crippen molar-refractivity contribution in [2.45, 2.75) is 88.7 Å². The van der Waals surface area contributed by atoms with Gasteiger partial charge in [-0.15, -0.1) is 0 Å². The predicted octanol–water partition coefficient (Wildman–Crippen LogP) is 2.48. The van der Waals surface area contributed by atoms with E-state index in [1.165, 1.54) is 27.7 Å². The highest BCUT2D eigenvalue weighted by molar-refractivity contribution is 7.93. The van der Waals surface area contributed by atoms with Crippen LogP contribution in [-0.2, 0) is 48.2 Å². The number of carbonyl (C=O) groups is 2. The number of hydrogen-bond acceptors (Lipinski definition) is 10. The molecule has 0 aromatic heterocycles. The molecule has 2 fully saturated rings. The van der Waals surface area contributed by atoms with Crippen LogP contribution in [0.5, 0.6) is 0 Å². The van der Waals surface area contributed by atoms with Crippen LogP contribution >= 0.6 is 0 Å². The molecule has 2 unspecified atom stereocenters. The van der Waals surface area contributed by atoms with E-state index in [0.717, 1.165) is 12.8 Å². The molecule has 2 rings (SSSR count). The van der Waals surface area contributed by atoms with Crippen molar-refractivity contribution in [1.82, 2.24) is 0 Å². The Morgan fingerprint density at radius 2 is 1.27 bits per heavy atom. The molecule has 37 heavy (non-hydrogen) atoms. The van der Waals surface area contributed by atoms with E-state index in [0.29, 0.717) is 45.5 Å². The highest BCUT2D eigenvalue weighted by atomic mass is 32.2. The Bertz CT molecular complexity index is 979. The molecule has 216 valence electrons. The highest BCUT2D eigenvalue weighted by Crippen LogP contribution is 2.29. The molecular weight excluding hydrogens is 524 g/mol. The van der Waals surface area contributed by atoms with Crippen LogP contribution < -0.4 is 0 Å². The molecule has 0 aromatic carbocycles. The van der Waals surface area contributed by atoms with Crippen molar-refractivity contribution in [1.29, 1.82) is 0 Å². The van der Waals surface area contributed by atoms with Crippen LogP contribution in [0.2, 0.25) is 0 Å². The summed E-state index contributed by atoms with van der Waals surface area (Å²) in [6, 6.07) is 0. The third kappa shape index (κ3) is 8.37. The Hall–Kier alpha value is -1.24. The van der Waals surface area contributed by atoms with E-state index >= 15 is 0 Å². The molecule has 0 N–H and O–H groups in total. The van der Waals surface area contributed by atoms with Gasteiger partial charge in [0.2, 0.25) is 0 Å². The number of ether oxygens (including phenoxy) is 4. The lowest BCUT2D eigenvalue weighted by Gasteiger charge is -2.31. The van der Waals surface area contributed by atoms with Crippen LogP contribution in [0.3, 0.4) is 0 Å². The van der Waals surface area contributed by atoms with Crippen LogP contribution in [0.4, 0.5) is 0 Å². The van der Waals surface area contributed by atoms with Gasteiger partial charge in [0.15, 0.2) is 29.2 Å². The molecular formula is C25H44O10S2. The molecule has 0 bridgehead atoms. The van der Waals surface area contributed by atoms with Crippen molar-refractivity contribution in [3.05, 3.63) is 0 Å². The maximum atomic E-state index is 12.9. The van der Waals surface area contributed by atoms with Gasteiger partial charge in [0, 0.05) is 19.8 Å². The summed E-state index contributed by atoms with van der Waals surface area (Å²) in [7, 11) is -7.48. The molecule has 0 saturated carbocycles.